The predicted octanol–water partition coefficient (Wildman–Crippen LogP) is 4.39. The van der Waals surface area contributed by atoms with Gasteiger partial charge in [0, 0.05) is 17.2 Å². The molecule has 4 heteroatoms. The van der Waals surface area contributed by atoms with E-state index in [2.05, 4.69) is 55.9 Å². The van der Waals surface area contributed by atoms with E-state index in [-0.39, 0.29) is 0 Å². The van der Waals surface area contributed by atoms with E-state index in [0.29, 0.717) is 0 Å². The number of fused-ring (bicyclic) bond motifs is 1. The molecule has 0 fully saturated rings. The van der Waals surface area contributed by atoms with Gasteiger partial charge >= 0.3 is 0 Å². The minimum atomic E-state index is 0.853. The molecule has 2 aromatic carbocycles. The number of nitrogens with one attached hydrogen (secondary N) is 1. The number of hydrogen-bond acceptors (Lipinski definition) is 2. The molecule has 0 atom stereocenters. The third kappa shape index (κ3) is 2.24. The molecular formula is C15H14BrN3. The van der Waals surface area contributed by atoms with Gasteiger partial charge in [-0.05, 0) is 42.8 Å². The summed E-state index contributed by atoms with van der Waals surface area (Å²) in [4.78, 5) is 4.61. The summed E-state index contributed by atoms with van der Waals surface area (Å²) in [5, 5.41) is 3.39. The van der Waals surface area contributed by atoms with E-state index in [0.717, 1.165) is 27.1 Å². The second-order valence-corrected chi connectivity index (χ2v) is 5.48. The van der Waals surface area contributed by atoms with Crippen LogP contribution in [0.4, 0.5) is 11.6 Å². The highest BCUT2D eigenvalue weighted by molar-refractivity contribution is 9.10. The van der Waals surface area contributed by atoms with Gasteiger partial charge in [0.25, 0.3) is 0 Å². The lowest BCUT2D eigenvalue weighted by molar-refractivity contribution is 0.957. The zero-order valence-electron chi connectivity index (χ0n) is 10.8. The maximum absolute atomic E-state index is 4.61. The highest BCUT2D eigenvalue weighted by atomic mass is 79.9. The van der Waals surface area contributed by atoms with Crippen LogP contribution in [0.3, 0.4) is 0 Å². The molecule has 0 saturated carbocycles. The average Bonchev–Trinajstić information content (AvgIpc) is 2.70. The Hall–Kier alpha value is -1.81. The van der Waals surface area contributed by atoms with Crippen molar-refractivity contribution in [2.24, 2.45) is 7.05 Å². The first-order valence-corrected chi connectivity index (χ1v) is 6.89. The number of imidazole rings is 1. The smallest absolute Gasteiger partial charge is 0.208 e. The van der Waals surface area contributed by atoms with Gasteiger partial charge in [0.15, 0.2) is 0 Å². The van der Waals surface area contributed by atoms with Crippen LogP contribution in [0.2, 0.25) is 0 Å². The Morgan fingerprint density at radius 2 is 1.95 bits per heavy atom. The summed E-state index contributed by atoms with van der Waals surface area (Å²) in [5.41, 5.74) is 4.38. The molecular weight excluding hydrogens is 302 g/mol. The van der Waals surface area contributed by atoms with Crippen molar-refractivity contribution < 1.29 is 0 Å². The van der Waals surface area contributed by atoms with Crippen molar-refractivity contribution in [1.82, 2.24) is 9.55 Å². The van der Waals surface area contributed by atoms with E-state index in [1.807, 2.05) is 31.3 Å². The molecule has 0 aliphatic heterocycles. The number of anilines is 2. The molecule has 96 valence electrons. The van der Waals surface area contributed by atoms with Crippen molar-refractivity contribution in [2.75, 3.05) is 5.32 Å². The van der Waals surface area contributed by atoms with Crippen LogP contribution < -0.4 is 5.32 Å². The summed E-state index contributed by atoms with van der Waals surface area (Å²) in [7, 11) is 2.02. The number of aromatic nitrogens is 2. The maximum Gasteiger partial charge on any atom is 0.208 e. The lowest BCUT2D eigenvalue weighted by Crippen LogP contribution is -2.00. The fraction of sp³-hybridized carbons (Fsp3) is 0.133. The van der Waals surface area contributed by atoms with E-state index in [1.165, 1.54) is 5.56 Å². The molecule has 0 unspecified atom stereocenters. The Balaban J connectivity index is 2.03. The van der Waals surface area contributed by atoms with Gasteiger partial charge in [0.2, 0.25) is 5.95 Å². The van der Waals surface area contributed by atoms with Crippen LogP contribution in [0, 0.1) is 6.92 Å². The van der Waals surface area contributed by atoms with Gasteiger partial charge in [-0.15, -0.1) is 0 Å². The van der Waals surface area contributed by atoms with E-state index >= 15 is 0 Å². The van der Waals surface area contributed by atoms with Crippen molar-refractivity contribution in [3.05, 3.63) is 52.5 Å². The van der Waals surface area contributed by atoms with Crippen LogP contribution in [0.1, 0.15) is 5.56 Å². The van der Waals surface area contributed by atoms with Gasteiger partial charge in [-0.1, -0.05) is 28.1 Å². The normalized spacial score (nSPS) is 10.9. The van der Waals surface area contributed by atoms with Gasteiger partial charge in [-0.2, -0.15) is 0 Å². The van der Waals surface area contributed by atoms with Crippen molar-refractivity contribution >= 4 is 38.6 Å². The van der Waals surface area contributed by atoms with E-state index in [9.17, 15) is 0 Å². The Labute approximate surface area is 120 Å². The maximum atomic E-state index is 4.61. The monoisotopic (exact) mass is 315 g/mol. The summed E-state index contributed by atoms with van der Waals surface area (Å²) in [6, 6.07) is 14.3. The van der Waals surface area contributed by atoms with Gasteiger partial charge in [-0.25, -0.2) is 4.98 Å². The predicted molar refractivity (Wildman–Crippen MR) is 82.9 cm³/mol. The zero-order chi connectivity index (χ0) is 13.4. The minimum absolute atomic E-state index is 0.853. The van der Waals surface area contributed by atoms with E-state index in [4.69, 9.17) is 0 Å². The molecule has 0 amide bonds. The first kappa shape index (κ1) is 12.2. The molecule has 1 heterocycles. The second-order valence-electron chi connectivity index (χ2n) is 4.57. The summed E-state index contributed by atoms with van der Waals surface area (Å²) >= 11 is 3.48. The summed E-state index contributed by atoms with van der Waals surface area (Å²) < 4.78 is 3.15. The van der Waals surface area contributed by atoms with Crippen LogP contribution in [0.25, 0.3) is 11.0 Å². The molecule has 0 aliphatic carbocycles. The van der Waals surface area contributed by atoms with Crippen molar-refractivity contribution in [1.29, 1.82) is 0 Å². The first-order valence-electron chi connectivity index (χ1n) is 6.10. The Bertz CT molecular complexity index is 746. The molecule has 3 aromatic rings. The molecule has 0 bridgehead atoms. The quantitative estimate of drug-likeness (QED) is 0.760. The molecule has 0 saturated heterocycles. The third-order valence-electron chi connectivity index (χ3n) is 3.22. The topological polar surface area (TPSA) is 29.9 Å². The highest BCUT2D eigenvalue weighted by Gasteiger charge is 2.08. The molecule has 0 aliphatic rings. The van der Waals surface area contributed by atoms with Crippen molar-refractivity contribution in [3.8, 4) is 0 Å². The highest BCUT2D eigenvalue weighted by Crippen LogP contribution is 2.25. The third-order valence-corrected chi connectivity index (χ3v) is 3.72. The Morgan fingerprint density at radius 3 is 2.68 bits per heavy atom. The van der Waals surface area contributed by atoms with Crippen LogP contribution in [-0.4, -0.2) is 9.55 Å². The minimum Gasteiger partial charge on any atom is -0.325 e. The Kier molecular flexibility index (Phi) is 3.03. The molecule has 3 rings (SSSR count). The molecule has 0 spiro atoms. The zero-order valence-corrected chi connectivity index (χ0v) is 12.4. The summed E-state index contributed by atoms with van der Waals surface area (Å²) in [6.07, 6.45) is 0. The van der Waals surface area contributed by atoms with E-state index < -0.39 is 0 Å². The SMILES string of the molecule is Cc1cc(Br)ccc1Nc1nc2ccccc2n1C. The number of para-hydroxylation sites is 2. The summed E-state index contributed by atoms with van der Waals surface area (Å²) in [6.45, 7) is 2.08. The Morgan fingerprint density at radius 1 is 1.16 bits per heavy atom. The first-order chi connectivity index (χ1) is 9.15. The van der Waals surface area contributed by atoms with Crippen LogP contribution in [0.5, 0.6) is 0 Å². The van der Waals surface area contributed by atoms with Crippen molar-refractivity contribution in [2.45, 2.75) is 6.92 Å². The number of nitrogens with zero attached hydrogens (tertiary/aromatic N) is 2. The lowest BCUT2D eigenvalue weighted by atomic mass is 10.2. The number of halogens is 1. The average molecular weight is 316 g/mol. The summed E-state index contributed by atoms with van der Waals surface area (Å²) in [5.74, 6) is 0.853. The molecule has 1 aromatic heterocycles. The number of rotatable bonds is 2. The van der Waals surface area contributed by atoms with Crippen LogP contribution >= 0.6 is 15.9 Å². The van der Waals surface area contributed by atoms with Gasteiger partial charge < -0.3 is 9.88 Å². The fourth-order valence-corrected chi connectivity index (χ4v) is 2.62. The van der Waals surface area contributed by atoms with Gasteiger partial charge in [-0.3, -0.25) is 0 Å². The molecule has 3 nitrogen and oxygen atoms in total. The van der Waals surface area contributed by atoms with Gasteiger partial charge in [0.1, 0.15) is 0 Å². The molecule has 0 radical (unpaired) electrons. The molecule has 19 heavy (non-hydrogen) atoms. The number of aryl methyl sites for hydroxylation is 2. The standard InChI is InChI=1S/C15H14BrN3/c1-10-9-11(16)7-8-12(10)17-15-18-13-5-3-4-6-14(13)19(15)2/h3-9H,1-2H3,(H,17,18). The number of hydrogen-bond donors (Lipinski definition) is 1. The van der Waals surface area contributed by atoms with Crippen molar-refractivity contribution in [3.63, 3.8) is 0 Å². The number of benzene rings is 2. The fourth-order valence-electron chi connectivity index (χ4n) is 2.15. The second kappa shape index (κ2) is 4.70. The van der Waals surface area contributed by atoms with E-state index in [1.54, 1.807) is 0 Å². The van der Waals surface area contributed by atoms with Crippen LogP contribution in [-0.2, 0) is 7.05 Å². The largest absolute Gasteiger partial charge is 0.325 e. The van der Waals surface area contributed by atoms with Crippen LogP contribution in [0.15, 0.2) is 46.9 Å². The van der Waals surface area contributed by atoms with Gasteiger partial charge in [0.05, 0.1) is 11.0 Å². The molecule has 1 N–H and O–H groups in total. The lowest BCUT2D eigenvalue weighted by Gasteiger charge is -2.09.